The predicted molar refractivity (Wildman–Crippen MR) is 93.5 cm³/mol. The summed E-state index contributed by atoms with van der Waals surface area (Å²) in [4.78, 5) is 4.70. The largest absolute Gasteiger partial charge is 0.260 e. The van der Waals surface area contributed by atoms with E-state index in [2.05, 4.69) is 55.6 Å². The van der Waals surface area contributed by atoms with E-state index >= 15 is 0 Å². The monoisotopic (exact) mass is 309 g/mol. The van der Waals surface area contributed by atoms with Crippen molar-refractivity contribution in [3.63, 3.8) is 0 Å². The Morgan fingerprint density at radius 1 is 1.14 bits per heavy atom. The minimum absolute atomic E-state index is 0.121. The summed E-state index contributed by atoms with van der Waals surface area (Å²) >= 11 is 6.22. The van der Waals surface area contributed by atoms with Crippen LogP contribution in [0.5, 0.6) is 0 Å². The van der Waals surface area contributed by atoms with Crippen LogP contribution in [0.25, 0.3) is 0 Å². The summed E-state index contributed by atoms with van der Waals surface area (Å²) < 4.78 is 0. The average Bonchev–Trinajstić information content (AvgIpc) is 2.89. The molecule has 1 saturated carbocycles. The van der Waals surface area contributed by atoms with Gasteiger partial charge in [-0.1, -0.05) is 48.9 Å². The van der Waals surface area contributed by atoms with E-state index in [1.165, 1.54) is 24.0 Å². The van der Waals surface area contributed by atoms with Crippen LogP contribution in [-0.4, -0.2) is 6.21 Å². The predicted octanol–water partition coefficient (Wildman–Crippen LogP) is 5.90. The van der Waals surface area contributed by atoms with Crippen molar-refractivity contribution in [1.29, 1.82) is 0 Å². The summed E-state index contributed by atoms with van der Waals surface area (Å²) in [6.45, 7) is 2.37. The molecule has 0 aromatic heterocycles. The molecule has 2 aromatic rings. The number of para-hydroxylation sites is 1. The number of aliphatic imine (C=N–C) groups is 1. The highest BCUT2D eigenvalue weighted by Crippen LogP contribution is 2.52. The minimum Gasteiger partial charge on any atom is -0.260 e. The molecule has 0 amide bonds. The van der Waals surface area contributed by atoms with Gasteiger partial charge in [-0.3, -0.25) is 4.99 Å². The van der Waals surface area contributed by atoms with Crippen LogP contribution < -0.4 is 0 Å². The molecule has 1 nitrogen and oxygen atoms in total. The number of rotatable bonds is 1. The van der Waals surface area contributed by atoms with Gasteiger partial charge in [0.15, 0.2) is 0 Å². The second-order valence-electron chi connectivity index (χ2n) is 6.81. The molecule has 0 saturated heterocycles. The maximum atomic E-state index is 6.22. The lowest BCUT2D eigenvalue weighted by Crippen LogP contribution is -2.35. The van der Waals surface area contributed by atoms with Crippen LogP contribution in [0, 0.1) is 5.92 Å². The zero-order valence-electron chi connectivity index (χ0n) is 12.8. The van der Waals surface area contributed by atoms with Crippen molar-refractivity contribution in [1.82, 2.24) is 0 Å². The molecule has 0 N–H and O–H groups in total. The van der Waals surface area contributed by atoms with Gasteiger partial charge in [-0.25, -0.2) is 0 Å². The maximum Gasteiger partial charge on any atom is 0.0667 e. The lowest BCUT2D eigenvalue weighted by atomic mass is 9.62. The first-order valence-electron chi connectivity index (χ1n) is 8.08. The van der Waals surface area contributed by atoms with Crippen molar-refractivity contribution in [3.8, 4) is 0 Å². The number of halogens is 1. The van der Waals surface area contributed by atoms with Gasteiger partial charge in [0.1, 0.15) is 0 Å². The Hall–Kier alpha value is -1.60. The number of benzene rings is 2. The Bertz CT molecular complexity index is 736. The lowest BCUT2D eigenvalue weighted by Gasteiger charge is -2.41. The molecule has 3 unspecified atom stereocenters. The fraction of sp³-hybridized carbons (Fsp3) is 0.350. The molecule has 0 radical (unpaired) electrons. The highest BCUT2D eigenvalue weighted by Gasteiger charge is 2.43. The molecular weight excluding hydrogens is 290 g/mol. The van der Waals surface area contributed by atoms with Gasteiger partial charge in [0.2, 0.25) is 0 Å². The molecule has 1 aliphatic heterocycles. The molecule has 2 aromatic carbocycles. The van der Waals surface area contributed by atoms with Crippen molar-refractivity contribution in [2.24, 2.45) is 10.9 Å². The third-order valence-electron chi connectivity index (χ3n) is 5.48. The van der Waals surface area contributed by atoms with Crippen molar-refractivity contribution >= 4 is 23.5 Å². The van der Waals surface area contributed by atoms with Crippen molar-refractivity contribution in [2.45, 2.75) is 37.5 Å². The molecule has 3 atom stereocenters. The lowest BCUT2D eigenvalue weighted by molar-refractivity contribution is 0.268. The number of nitrogens with zero attached hydrogens (tertiary/aromatic N) is 1. The number of hydrogen-bond acceptors (Lipinski definition) is 1. The second kappa shape index (κ2) is 5.24. The first kappa shape index (κ1) is 14.0. The van der Waals surface area contributed by atoms with E-state index in [0.29, 0.717) is 11.8 Å². The summed E-state index contributed by atoms with van der Waals surface area (Å²) in [6.07, 6.45) is 5.78. The van der Waals surface area contributed by atoms with Gasteiger partial charge < -0.3 is 0 Å². The Labute approximate surface area is 137 Å². The summed E-state index contributed by atoms with van der Waals surface area (Å²) in [7, 11) is 0. The van der Waals surface area contributed by atoms with Gasteiger partial charge >= 0.3 is 0 Å². The molecule has 2 aliphatic rings. The second-order valence-corrected chi connectivity index (χ2v) is 7.25. The van der Waals surface area contributed by atoms with Gasteiger partial charge in [0, 0.05) is 16.7 Å². The van der Waals surface area contributed by atoms with Crippen LogP contribution in [0.3, 0.4) is 0 Å². The average molecular weight is 310 g/mol. The number of fused-ring (bicyclic) bond motifs is 2. The molecule has 112 valence electrons. The van der Waals surface area contributed by atoms with Crippen LogP contribution in [0.1, 0.15) is 43.2 Å². The van der Waals surface area contributed by atoms with Gasteiger partial charge in [-0.15, -0.1) is 0 Å². The molecule has 1 fully saturated rings. The van der Waals surface area contributed by atoms with E-state index in [-0.39, 0.29) is 5.41 Å². The maximum absolute atomic E-state index is 6.22. The Morgan fingerprint density at radius 2 is 2.00 bits per heavy atom. The van der Waals surface area contributed by atoms with Crippen LogP contribution in [-0.2, 0) is 5.41 Å². The molecule has 4 rings (SSSR count). The molecule has 1 heterocycles. The third kappa shape index (κ3) is 2.19. The van der Waals surface area contributed by atoms with Crippen molar-refractivity contribution in [2.75, 3.05) is 0 Å². The molecule has 1 spiro atoms. The van der Waals surface area contributed by atoms with E-state index in [9.17, 15) is 0 Å². The Balaban J connectivity index is 1.73. The highest BCUT2D eigenvalue weighted by atomic mass is 35.5. The van der Waals surface area contributed by atoms with Gasteiger partial charge in [-0.2, -0.15) is 0 Å². The fourth-order valence-electron chi connectivity index (χ4n) is 4.20. The molecular formula is C20H20ClN. The minimum atomic E-state index is 0.121. The summed E-state index contributed by atoms with van der Waals surface area (Å²) in [5.74, 6) is 1.23. The smallest absolute Gasteiger partial charge is 0.0667 e. The van der Waals surface area contributed by atoms with Crippen LogP contribution in [0.15, 0.2) is 53.5 Å². The first-order valence-corrected chi connectivity index (χ1v) is 8.46. The summed E-state index contributed by atoms with van der Waals surface area (Å²) in [5, 5.41) is 0.838. The fourth-order valence-corrected chi connectivity index (χ4v) is 4.40. The standard InChI is InChI=1S/C20H20ClN/c1-14-9-10-20(13-22-19-8-3-2-7-18(19)20)12-17(14)15-5-4-6-16(21)11-15/h2-8,11,13-14,17H,9-10,12H2,1H3. The first-order chi connectivity index (χ1) is 10.7. The van der Waals surface area contributed by atoms with E-state index in [4.69, 9.17) is 16.6 Å². The normalized spacial score (nSPS) is 29.7. The topological polar surface area (TPSA) is 12.4 Å². The van der Waals surface area contributed by atoms with E-state index in [1.807, 2.05) is 6.07 Å². The highest BCUT2D eigenvalue weighted by molar-refractivity contribution is 6.30. The Morgan fingerprint density at radius 3 is 2.86 bits per heavy atom. The zero-order chi connectivity index (χ0) is 15.2. The molecule has 1 aliphatic carbocycles. The van der Waals surface area contributed by atoms with Crippen LogP contribution in [0.2, 0.25) is 5.02 Å². The van der Waals surface area contributed by atoms with E-state index < -0.39 is 0 Å². The summed E-state index contributed by atoms with van der Waals surface area (Å²) in [5.41, 5.74) is 4.06. The summed E-state index contributed by atoms with van der Waals surface area (Å²) in [6, 6.07) is 17.0. The quantitative estimate of drug-likeness (QED) is 0.622. The molecule has 22 heavy (non-hydrogen) atoms. The van der Waals surface area contributed by atoms with Gasteiger partial charge in [-0.05, 0) is 60.4 Å². The molecule has 2 heteroatoms. The van der Waals surface area contributed by atoms with Crippen molar-refractivity contribution < 1.29 is 0 Å². The van der Waals surface area contributed by atoms with Crippen LogP contribution >= 0.6 is 11.6 Å². The van der Waals surface area contributed by atoms with E-state index in [0.717, 1.165) is 17.1 Å². The Kier molecular flexibility index (Phi) is 3.34. The zero-order valence-corrected chi connectivity index (χ0v) is 13.6. The third-order valence-corrected chi connectivity index (χ3v) is 5.72. The number of hydrogen-bond donors (Lipinski definition) is 0. The van der Waals surface area contributed by atoms with Gasteiger partial charge in [0.25, 0.3) is 0 Å². The van der Waals surface area contributed by atoms with E-state index in [1.54, 1.807) is 0 Å². The molecule has 0 bridgehead atoms. The SMILES string of the molecule is CC1CCC2(C=Nc3ccccc32)CC1c1cccc(Cl)c1. The van der Waals surface area contributed by atoms with Gasteiger partial charge in [0.05, 0.1) is 5.69 Å². The van der Waals surface area contributed by atoms with Crippen LogP contribution in [0.4, 0.5) is 5.69 Å². The van der Waals surface area contributed by atoms with Crippen molar-refractivity contribution in [3.05, 3.63) is 64.7 Å².